The number of ketones is 1. The van der Waals surface area contributed by atoms with E-state index in [0.29, 0.717) is 25.9 Å². The zero-order valence-electron chi connectivity index (χ0n) is 17.2. The fourth-order valence-corrected chi connectivity index (χ4v) is 4.14. The summed E-state index contributed by atoms with van der Waals surface area (Å²) in [5, 5.41) is 9.27. The lowest BCUT2D eigenvalue weighted by Gasteiger charge is -2.38. The summed E-state index contributed by atoms with van der Waals surface area (Å²) in [4.78, 5) is 30.2. The van der Waals surface area contributed by atoms with Crippen molar-refractivity contribution in [1.82, 2.24) is 14.9 Å². The molecule has 1 aromatic heterocycles. The van der Waals surface area contributed by atoms with Crippen LogP contribution in [0.4, 0.5) is 26.3 Å². The Bertz CT molecular complexity index is 949. The number of likely N-dealkylation sites (tertiary alicyclic amines) is 1. The molecule has 1 spiro atoms. The molecule has 1 unspecified atom stereocenters. The third kappa shape index (κ3) is 6.12. The molecule has 0 amide bonds. The zero-order valence-corrected chi connectivity index (χ0v) is 17.2. The quantitative estimate of drug-likeness (QED) is 0.490. The summed E-state index contributed by atoms with van der Waals surface area (Å²) in [7, 11) is 0. The first-order chi connectivity index (χ1) is 14.6. The molecule has 174 valence electrons. The van der Waals surface area contributed by atoms with Crippen molar-refractivity contribution in [3.8, 4) is 6.07 Å². The molecule has 3 rings (SSSR count). The molecule has 2 heterocycles. The Morgan fingerprint density at radius 3 is 2.31 bits per heavy atom. The van der Waals surface area contributed by atoms with E-state index in [1.54, 1.807) is 6.08 Å². The third-order valence-corrected chi connectivity index (χ3v) is 5.24. The van der Waals surface area contributed by atoms with Crippen molar-refractivity contribution in [1.29, 1.82) is 5.26 Å². The predicted molar refractivity (Wildman–Crippen MR) is 98.6 cm³/mol. The Labute approximate surface area is 179 Å². The summed E-state index contributed by atoms with van der Waals surface area (Å²) in [6, 6.07) is 1.98. The third-order valence-electron chi connectivity index (χ3n) is 5.24. The summed E-state index contributed by atoms with van der Waals surface area (Å²) in [5.41, 5.74) is -1.94. The molecule has 32 heavy (non-hydrogen) atoms. The number of carbonyl (C=O) groups is 2. The Balaban J connectivity index is 0.000000534. The van der Waals surface area contributed by atoms with Crippen LogP contribution in [-0.4, -0.2) is 46.2 Å². The average Bonchev–Trinajstić information content (AvgIpc) is 3.05. The first-order valence-corrected chi connectivity index (χ1v) is 9.43. The molecule has 0 saturated carbocycles. The number of hydrogen-bond donors (Lipinski definition) is 0. The van der Waals surface area contributed by atoms with Gasteiger partial charge in [-0.15, -0.1) is 0 Å². The van der Waals surface area contributed by atoms with Gasteiger partial charge in [0, 0.05) is 36.3 Å². The summed E-state index contributed by atoms with van der Waals surface area (Å²) >= 11 is 0. The highest BCUT2D eigenvalue weighted by molar-refractivity contribution is 6.03. The number of rotatable bonds is 2. The largest absolute Gasteiger partial charge is 0.446 e. The smallest absolute Gasteiger partial charge is 0.297 e. The monoisotopic (exact) mass is 462 g/mol. The van der Waals surface area contributed by atoms with Gasteiger partial charge < -0.3 is 0 Å². The molecule has 1 aliphatic carbocycles. The number of aromatic nitrogens is 2. The van der Waals surface area contributed by atoms with Crippen LogP contribution in [0.2, 0.25) is 0 Å². The second-order valence-corrected chi connectivity index (χ2v) is 8.39. The minimum atomic E-state index is -4.64. The minimum absolute atomic E-state index is 0.0362. The topological polar surface area (TPSA) is 86.9 Å². The van der Waals surface area contributed by atoms with Crippen LogP contribution in [0.25, 0.3) is 0 Å². The number of carbonyl (C=O) groups excluding carboxylic acids is 2. The van der Waals surface area contributed by atoms with Crippen LogP contribution in [0.1, 0.15) is 38.1 Å². The van der Waals surface area contributed by atoms with E-state index in [4.69, 9.17) is 4.79 Å². The average molecular weight is 462 g/mol. The van der Waals surface area contributed by atoms with E-state index in [1.807, 2.05) is 24.8 Å². The van der Waals surface area contributed by atoms with Crippen molar-refractivity contribution in [2.45, 2.75) is 45.6 Å². The minimum Gasteiger partial charge on any atom is -0.297 e. The van der Waals surface area contributed by atoms with Crippen LogP contribution in [0.3, 0.4) is 0 Å². The van der Waals surface area contributed by atoms with Gasteiger partial charge in [0.2, 0.25) is 6.29 Å². The second kappa shape index (κ2) is 8.97. The van der Waals surface area contributed by atoms with Crippen molar-refractivity contribution >= 4 is 12.1 Å². The maximum atomic E-state index is 13.1. The van der Waals surface area contributed by atoms with Gasteiger partial charge in [-0.25, -0.2) is 4.98 Å². The number of nitriles is 1. The number of alkyl halides is 6. The van der Waals surface area contributed by atoms with E-state index < -0.39 is 29.7 Å². The standard InChI is InChI=1S/C18H19F3N4O.C2HF3O/c1-16(2)10-17(7-12(8-22)15(16)26)3-6-25(11-17)9-13-14(18(19,20)21)24-5-4-23-13;3-2(4,5)1-6/h4-5,7H,3,6,9-11H2,1-2H3;1H. The molecule has 0 aromatic carbocycles. The molecule has 1 aromatic rings. The SMILES string of the molecule is CC1(C)CC2(C=C(C#N)C1=O)CCN(Cc1nccnc1C(F)(F)F)C2.O=CC(F)(F)F. The lowest BCUT2D eigenvalue weighted by Crippen LogP contribution is -2.40. The van der Waals surface area contributed by atoms with E-state index in [9.17, 15) is 36.4 Å². The number of nitrogens with zero attached hydrogens (tertiary/aromatic N) is 4. The first-order valence-electron chi connectivity index (χ1n) is 9.43. The van der Waals surface area contributed by atoms with Crippen LogP contribution in [-0.2, 0) is 22.3 Å². The fourth-order valence-electron chi connectivity index (χ4n) is 4.14. The number of Topliss-reactive ketones (excluding diaryl/α,β-unsaturated/α-hetero) is 1. The normalized spacial score (nSPS) is 23.2. The van der Waals surface area contributed by atoms with Gasteiger partial charge in [-0.05, 0) is 19.4 Å². The maximum absolute atomic E-state index is 13.1. The molecule has 12 heteroatoms. The van der Waals surface area contributed by atoms with Crippen LogP contribution in [0.5, 0.6) is 0 Å². The van der Waals surface area contributed by atoms with Crippen molar-refractivity contribution in [3.05, 3.63) is 35.4 Å². The summed E-state index contributed by atoms with van der Waals surface area (Å²) in [6.07, 6.45) is -4.96. The van der Waals surface area contributed by atoms with Gasteiger partial charge in [0.1, 0.15) is 6.07 Å². The van der Waals surface area contributed by atoms with Gasteiger partial charge in [-0.3, -0.25) is 19.5 Å². The highest BCUT2D eigenvalue weighted by Gasteiger charge is 2.48. The molecular weight excluding hydrogens is 442 g/mol. The van der Waals surface area contributed by atoms with Gasteiger partial charge in [0.25, 0.3) is 0 Å². The summed E-state index contributed by atoms with van der Waals surface area (Å²) in [6.45, 7) is 4.73. The second-order valence-electron chi connectivity index (χ2n) is 8.39. The maximum Gasteiger partial charge on any atom is 0.446 e. The predicted octanol–water partition coefficient (Wildman–Crippen LogP) is 3.88. The molecule has 1 fully saturated rings. The van der Waals surface area contributed by atoms with Gasteiger partial charge in [0.05, 0.1) is 11.3 Å². The van der Waals surface area contributed by atoms with Gasteiger partial charge in [0.15, 0.2) is 11.5 Å². The van der Waals surface area contributed by atoms with Crippen LogP contribution < -0.4 is 0 Å². The van der Waals surface area contributed by atoms with E-state index in [-0.39, 0.29) is 29.0 Å². The highest BCUT2D eigenvalue weighted by atomic mass is 19.4. The molecule has 1 aliphatic heterocycles. The van der Waals surface area contributed by atoms with Gasteiger partial charge >= 0.3 is 12.4 Å². The van der Waals surface area contributed by atoms with E-state index in [2.05, 4.69) is 9.97 Å². The first kappa shape index (κ1) is 25.5. The van der Waals surface area contributed by atoms with Crippen molar-refractivity contribution in [3.63, 3.8) is 0 Å². The summed E-state index contributed by atoms with van der Waals surface area (Å²) < 4.78 is 70.6. The molecule has 0 N–H and O–H groups in total. The van der Waals surface area contributed by atoms with E-state index >= 15 is 0 Å². The van der Waals surface area contributed by atoms with Crippen molar-refractivity contribution in [2.24, 2.45) is 10.8 Å². The molecular formula is C20H20F6N4O2. The van der Waals surface area contributed by atoms with Gasteiger partial charge in [-0.1, -0.05) is 19.9 Å². The molecule has 2 aliphatic rings. The van der Waals surface area contributed by atoms with Crippen LogP contribution in [0, 0.1) is 22.2 Å². The van der Waals surface area contributed by atoms with E-state index in [0.717, 1.165) is 6.20 Å². The molecule has 1 atom stereocenters. The molecule has 0 radical (unpaired) electrons. The van der Waals surface area contributed by atoms with Crippen molar-refractivity contribution < 1.29 is 35.9 Å². The summed E-state index contributed by atoms with van der Waals surface area (Å²) in [5.74, 6) is -0.169. The van der Waals surface area contributed by atoms with E-state index in [1.165, 1.54) is 6.20 Å². The van der Waals surface area contributed by atoms with Gasteiger partial charge in [-0.2, -0.15) is 31.6 Å². The van der Waals surface area contributed by atoms with Crippen LogP contribution >= 0.6 is 0 Å². The Morgan fingerprint density at radius 1 is 1.19 bits per heavy atom. The Kier molecular flexibility index (Phi) is 7.14. The lowest BCUT2D eigenvalue weighted by atomic mass is 9.64. The lowest BCUT2D eigenvalue weighted by molar-refractivity contribution is -0.156. The molecule has 6 nitrogen and oxygen atoms in total. The van der Waals surface area contributed by atoms with Crippen LogP contribution in [0.15, 0.2) is 24.0 Å². The molecule has 1 saturated heterocycles. The Morgan fingerprint density at radius 2 is 1.78 bits per heavy atom. The number of aldehydes is 1. The number of allylic oxidation sites excluding steroid dienone is 1. The van der Waals surface area contributed by atoms with Crippen molar-refractivity contribution in [2.75, 3.05) is 13.1 Å². The Hall–Kier alpha value is -2.81. The number of hydrogen-bond acceptors (Lipinski definition) is 6. The molecule has 0 bridgehead atoms. The fraction of sp³-hybridized carbons (Fsp3) is 0.550. The zero-order chi connectivity index (χ0) is 24.4. The highest BCUT2D eigenvalue weighted by Crippen LogP contribution is 2.48. The number of halogens is 6.